The summed E-state index contributed by atoms with van der Waals surface area (Å²) >= 11 is 0. The Morgan fingerprint density at radius 2 is 1.65 bits per heavy atom. The summed E-state index contributed by atoms with van der Waals surface area (Å²) in [5.74, 6) is -0.127. The van der Waals surface area contributed by atoms with E-state index in [1.54, 1.807) is 30.3 Å². The molecule has 0 saturated heterocycles. The Kier molecular flexibility index (Phi) is 5.18. The van der Waals surface area contributed by atoms with E-state index < -0.39 is 16.1 Å². The fourth-order valence-corrected chi connectivity index (χ4v) is 3.71. The van der Waals surface area contributed by atoms with Crippen LogP contribution in [-0.2, 0) is 10.0 Å². The van der Waals surface area contributed by atoms with Crippen LogP contribution in [0.2, 0.25) is 0 Å². The Morgan fingerprint density at radius 3 is 2.13 bits per heavy atom. The number of aliphatic hydroxyl groups excluding tert-OH is 1. The molecule has 0 amide bonds. The fourth-order valence-electron chi connectivity index (χ4n) is 2.17. The number of Topliss-reactive ketones (excluding diaryl/α,β-unsaturated/α-hetero) is 1. The molecule has 0 fully saturated rings. The van der Waals surface area contributed by atoms with Gasteiger partial charge in [0, 0.05) is 5.56 Å². The minimum Gasteiger partial charge on any atom is -0.392 e. The number of ketones is 1. The van der Waals surface area contributed by atoms with Crippen LogP contribution in [0.4, 0.5) is 5.69 Å². The Balaban J connectivity index is 2.45. The highest BCUT2D eigenvalue weighted by atomic mass is 32.2. The van der Waals surface area contributed by atoms with E-state index in [2.05, 4.69) is 0 Å². The lowest BCUT2D eigenvalue weighted by molar-refractivity contribution is 0.101. The van der Waals surface area contributed by atoms with Gasteiger partial charge in [0.2, 0.25) is 0 Å². The molecule has 1 atom stereocenters. The summed E-state index contributed by atoms with van der Waals surface area (Å²) in [5, 5.41) is 9.66. The van der Waals surface area contributed by atoms with E-state index in [1.807, 2.05) is 0 Å². The summed E-state index contributed by atoms with van der Waals surface area (Å²) < 4.78 is 26.9. The number of aliphatic hydroxyl groups is 1. The predicted octanol–water partition coefficient (Wildman–Crippen LogP) is 2.47. The molecule has 2 aromatic carbocycles. The van der Waals surface area contributed by atoms with Crippen LogP contribution in [0.5, 0.6) is 0 Å². The molecule has 0 heterocycles. The molecular weight excluding hydrogens is 314 g/mol. The van der Waals surface area contributed by atoms with Gasteiger partial charge in [-0.1, -0.05) is 30.3 Å². The summed E-state index contributed by atoms with van der Waals surface area (Å²) in [4.78, 5) is 11.4. The molecule has 6 heteroatoms. The van der Waals surface area contributed by atoms with Gasteiger partial charge in [0.25, 0.3) is 10.0 Å². The molecule has 2 rings (SSSR count). The zero-order valence-electron chi connectivity index (χ0n) is 13.0. The van der Waals surface area contributed by atoms with Crippen molar-refractivity contribution >= 4 is 21.5 Å². The van der Waals surface area contributed by atoms with Crippen LogP contribution < -0.4 is 4.31 Å². The van der Waals surface area contributed by atoms with Gasteiger partial charge < -0.3 is 5.11 Å². The average molecular weight is 333 g/mol. The van der Waals surface area contributed by atoms with Gasteiger partial charge in [-0.25, -0.2) is 8.42 Å². The van der Waals surface area contributed by atoms with E-state index in [4.69, 9.17) is 0 Å². The molecule has 2 aromatic rings. The SMILES string of the molecule is CC(=O)c1ccc(S(=O)(=O)N(C[C@H](C)O)c2ccccc2)cc1. The second kappa shape index (κ2) is 6.93. The van der Waals surface area contributed by atoms with Crippen molar-refractivity contribution in [3.8, 4) is 0 Å². The Hall–Kier alpha value is -2.18. The number of rotatable bonds is 6. The van der Waals surface area contributed by atoms with Crippen molar-refractivity contribution in [2.75, 3.05) is 10.8 Å². The lowest BCUT2D eigenvalue weighted by atomic mass is 10.2. The molecule has 122 valence electrons. The average Bonchev–Trinajstić information content (AvgIpc) is 2.53. The standard InChI is InChI=1S/C17H19NO4S/c1-13(19)12-18(16-6-4-3-5-7-16)23(21,22)17-10-8-15(9-11-17)14(2)20/h3-11,13,19H,12H2,1-2H3/t13-/m0/s1. The molecule has 0 aliphatic rings. The van der Waals surface area contributed by atoms with Crippen molar-refractivity contribution in [2.45, 2.75) is 24.8 Å². The third-order valence-corrected chi connectivity index (χ3v) is 5.13. The van der Waals surface area contributed by atoms with E-state index in [0.717, 1.165) is 0 Å². The molecule has 0 spiro atoms. The molecule has 23 heavy (non-hydrogen) atoms. The summed E-state index contributed by atoms with van der Waals surface area (Å²) in [6, 6.07) is 14.4. The minimum absolute atomic E-state index is 0.0548. The van der Waals surface area contributed by atoms with Gasteiger partial charge >= 0.3 is 0 Å². The molecule has 0 aliphatic heterocycles. The van der Waals surface area contributed by atoms with Crippen molar-refractivity contribution in [1.82, 2.24) is 0 Å². The highest BCUT2D eigenvalue weighted by Crippen LogP contribution is 2.24. The van der Waals surface area contributed by atoms with Crippen molar-refractivity contribution in [2.24, 2.45) is 0 Å². The Labute approximate surface area is 136 Å². The molecule has 0 bridgehead atoms. The van der Waals surface area contributed by atoms with Gasteiger partial charge in [-0.2, -0.15) is 0 Å². The monoisotopic (exact) mass is 333 g/mol. The third kappa shape index (κ3) is 3.97. The normalized spacial score (nSPS) is 12.7. The van der Waals surface area contributed by atoms with Crippen molar-refractivity contribution in [3.63, 3.8) is 0 Å². The summed E-state index contributed by atoms with van der Waals surface area (Å²) in [6.07, 6.45) is -0.818. The number of anilines is 1. The van der Waals surface area contributed by atoms with E-state index in [0.29, 0.717) is 11.3 Å². The Morgan fingerprint density at radius 1 is 1.09 bits per heavy atom. The minimum atomic E-state index is -3.83. The lowest BCUT2D eigenvalue weighted by Crippen LogP contribution is -2.36. The quantitative estimate of drug-likeness (QED) is 0.824. The highest BCUT2D eigenvalue weighted by molar-refractivity contribution is 7.92. The maximum absolute atomic E-state index is 12.9. The van der Waals surface area contributed by atoms with Crippen LogP contribution >= 0.6 is 0 Å². The second-order valence-electron chi connectivity index (χ2n) is 5.30. The number of hydrogen-bond donors (Lipinski definition) is 1. The smallest absolute Gasteiger partial charge is 0.264 e. The molecule has 0 unspecified atom stereocenters. The lowest BCUT2D eigenvalue weighted by Gasteiger charge is -2.25. The molecule has 0 radical (unpaired) electrons. The van der Waals surface area contributed by atoms with Crippen LogP contribution in [0.25, 0.3) is 0 Å². The number of para-hydroxylation sites is 1. The fraction of sp³-hybridized carbons (Fsp3) is 0.235. The maximum atomic E-state index is 12.9. The van der Waals surface area contributed by atoms with Crippen LogP contribution in [0.3, 0.4) is 0 Å². The number of sulfonamides is 1. The van der Waals surface area contributed by atoms with Gasteiger partial charge in [-0.05, 0) is 38.1 Å². The van der Waals surface area contributed by atoms with Gasteiger partial charge in [0.15, 0.2) is 5.78 Å². The predicted molar refractivity (Wildman–Crippen MR) is 89.1 cm³/mol. The van der Waals surface area contributed by atoms with Crippen LogP contribution in [0, 0.1) is 0 Å². The van der Waals surface area contributed by atoms with Gasteiger partial charge in [-0.3, -0.25) is 9.10 Å². The summed E-state index contributed by atoms with van der Waals surface area (Å²) in [6.45, 7) is 2.90. The molecule has 5 nitrogen and oxygen atoms in total. The third-order valence-electron chi connectivity index (χ3n) is 3.32. The van der Waals surface area contributed by atoms with Crippen LogP contribution in [-0.4, -0.2) is 32.0 Å². The number of carbonyl (C=O) groups is 1. The van der Waals surface area contributed by atoms with E-state index in [1.165, 1.54) is 42.4 Å². The molecule has 0 aliphatic carbocycles. The maximum Gasteiger partial charge on any atom is 0.264 e. The first-order chi connectivity index (χ1) is 10.8. The number of benzene rings is 2. The largest absolute Gasteiger partial charge is 0.392 e. The topological polar surface area (TPSA) is 74.7 Å². The van der Waals surface area contributed by atoms with Crippen molar-refractivity contribution < 1.29 is 18.3 Å². The van der Waals surface area contributed by atoms with Crippen LogP contribution in [0.1, 0.15) is 24.2 Å². The summed E-state index contributed by atoms with van der Waals surface area (Å²) in [7, 11) is -3.83. The van der Waals surface area contributed by atoms with E-state index >= 15 is 0 Å². The van der Waals surface area contributed by atoms with Gasteiger partial charge in [0.05, 0.1) is 23.2 Å². The van der Waals surface area contributed by atoms with Crippen molar-refractivity contribution in [3.05, 3.63) is 60.2 Å². The zero-order chi connectivity index (χ0) is 17.0. The molecule has 0 aromatic heterocycles. The van der Waals surface area contributed by atoms with Crippen LogP contribution in [0.15, 0.2) is 59.5 Å². The van der Waals surface area contributed by atoms with Gasteiger partial charge in [-0.15, -0.1) is 0 Å². The van der Waals surface area contributed by atoms with Crippen molar-refractivity contribution in [1.29, 1.82) is 0 Å². The first-order valence-corrected chi connectivity index (χ1v) is 8.63. The first kappa shape index (κ1) is 17.2. The van der Waals surface area contributed by atoms with Gasteiger partial charge in [0.1, 0.15) is 0 Å². The molecule has 1 N–H and O–H groups in total. The van der Waals surface area contributed by atoms with E-state index in [-0.39, 0.29) is 17.2 Å². The number of carbonyl (C=O) groups excluding carboxylic acids is 1. The summed E-state index contributed by atoms with van der Waals surface area (Å²) in [5.41, 5.74) is 0.926. The highest BCUT2D eigenvalue weighted by Gasteiger charge is 2.26. The Bertz CT molecular complexity index is 768. The molecular formula is C17H19NO4S. The number of nitrogens with zero attached hydrogens (tertiary/aromatic N) is 1. The first-order valence-electron chi connectivity index (χ1n) is 7.19. The zero-order valence-corrected chi connectivity index (χ0v) is 13.8. The molecule has 0 saturated carbocycles. The van der Waals surface area contributed by atoms with E-state index in [9.17, 15) is 18.3 Å². The second-order valence-corrected chi connectivity index (χ2v) is 7.16. The number of hydrogen-bond acceptors (Lipinski definition) is 4.